The number of hydrogen-bond acceptors (Lipinski definition) is 3. The predicted octanol–water partition coefficient (Wildman–Crippen LogP) is 1.47. The van der Waals surface area contributed by atoms with Gasteiger partial charge in [0.05, 0.1) is 12.6 Å². The molecule has 3 N–H and O–H groups in total. The molecule has 2 aromatic rings. The van der Waals surface area contributed by atoms with Crippen LogP contribution in [0.1, 0.15) is 16.8 Å². The summed E-state index contributed by atoms with van der Waals surface area (Å²) in [5.74, 6) is -0.343. The van der Waals surface area contributed by atoms with Crippen molar-refractivity contribution in [2.45, 2.75) is 13.3 Å². The number of aryl methyl sites for hydroxylation is 1. The van der Waals surface area contributed by atoms with Crippen molar-refractivity contribution < 1.29 is 4.79 Å². The van der Waals surface area contributed by atoms with E-state index in [-0.39, 0.29) is 17.9 Å². The van der Waals surface area contributed by atoms with Gasteiger partial charge >= 0.3 is 0 Å². The van der Waals surface area contributed by atoms with E-state index in [1.807, 2.05) is 24.3 Å². The molecule has 104 valence electrons. The number of halogens is 1. The molecule has 0 aliphatic rings. The van der Waals surface area contributed by atoms with E-state index in [9.17, 15) is 9.59 Å². The Morgan fingerprint density at radius 1 is 1.45 bits per heavy atom. The third kappa shape index (κ3) is 3.67. The van der Waals surface area contributed by atoms with Crippen molar-refractivity contribution in [3.8, 4) is 0 Å². The van der Waals surface area contributed by atoms with Crippen LogP contribution in [0, 0.1) is 6.92 Å². The van der Waals surface area contributed by atoms with Crippen LogP contribution in [0.15, 0.2) is 38.6 Å². The summed E-state index contributed by atoms with van der Waals surface area (Å²) >= 11 is 3.35. The van der Waals surface area contributed by atoms with Gasteiger partial charge in [-0.15, -0.1) is 0 Å². The molecule has 0 radical (unpaired) electrons. The summed E-state index contributed by atoms with van der Waals surface area (Å²) in [5.41, 5.74) is 4.04. The van der Waals surface area contributed by atoms with E-state index >= 15 is 0 Å². The van der Waals surface area contributed by atoms with Crippen LogP contribution >= 0.6 is 15.9 Å². The van der Waals surface area contributed by atoms with Gasteiger partial charge in [0, 0.05) is 15.7 Å². The molecule has 1 heterocycles. The first-order chi connectivity index (χ1) is 9.56. The Morgan fingerprint density at radius 2 is 2.25 bits per heavy atom. The Hall–Kier alpha value is -2.15. The van der Waals surface area contributed by atoms with Crippen LogP contribution in [-0.4, -0.2) is 22.3 Å². The number of nitrogens with one attached hydrogen (secondary N) is 3. The minimum Gasteiger partial charge on any atom is -0.302 e. The molecule has 6 nitrogen and oxygen atoms in total. The van der Waals surface area contributed by atoms with Crippen LogP contribution in [-0.2, 0) is 11.2 Å². The number of carbonyl (C=O) groups excluding carboxylic acids is 1. The predicted molar refractivity (Wildman–Crippen MR) is 79.7 cm³/mol. The van der Waals surface area contributed by atoms with Gasteiger partial charge in [0.25, 0.3) is 5.56 Å². The molecule has 20 heavy (non-hydrogen) atoms. The second-order valence-corrected chi connectivity index (χ2v) is 5.12. The largest absolute Gasteiger partial charge is 0.302 e. The molecule has 0 spiro atoms. The molecule has 1 amide bonds. The summed E-state index contributed by atoms with van der Waals surface area (Å²) in [6.07, 6.45) is 1.53. The number of amides is 1. The maximum Gasteiger partial charge on any atom is 0.267 e. The van der Waals surface area contributed by atoms with Crippen molar-refractivity contribution in [2.75, 3.05) is 0 Å². The summed E-state index contributed by atoms with van der Waals surface area (Å²) in [5, 5.41) is 8.95. The Kier molecular flexibility index (Phi) is 4.52. The minimum absolute atomic E-state index is 0.0134. The fraction of sp³-hybridized carbons (Fsp3) is 0.154. The summed E-state index contributed by atoms with van der Waals surface area (Å²) in [4.78, 5) is 23.1. The molecule has 0 saturated carbocycles. The fourth-order valence-electron chi connectivity index (χ4n) is 1.65. The van der Waals surface area contributed by atoms with Gasteiger partial charge < -0.3 is 5.10 Å². The van der Waals surface area contributed by atoms with Crippen LogP contribution in [0.2, 0.25) is 0 Å². The quantitative estimate of drug-likeness (QED) is 0.582. The highest BCUT2D eigenvalue weighted by Gasteiger charge is 2.10. The van der Waals surface area contributed by atoms with Crippen LogP contribution in [0.3, 0.4) is 0 Å². The standard InChI is InChI=1S/C13H13BrN4O2/c1-8-11(13(20)18-16-8)6-12(19)17-15-7-9-3-2-4-10(14)5-9/h2-5,7H,6H2,1H3,(H,17,19)(H2,16,18,20)/b15-7-. The number of carbonyl (C=O) groups is 1. The van der Waals surface area contributed by atoms with Crippen molar-refractivity contribution in [3.63, 3.8) is 0 Å². The first kappa shape index (κ1) is 14.3. The van der Waals surface area contributed by atoms with E-state index in [4.69, 9.17) is 0 Å². The molecule has 0 saturated heterocycles. The van der Waals surface area contributed by atoms with Gasteiger partial charge in [-0.1, -0.05) is 28.1 Å². The number of aromatic nitrogens is 2. The molecule has 0 bridgehead atoms. The van der Waals surface area contributed by atoms with Crippen LogP contribution in [0.5, 0.6) is 0 Å². The zero-order valence-corrected chi connectivity index (χ0v) is 12.3. The summed E-state index contributed by atoms with van der Waals surface area (Å²) in [6.45, 7) is 1.73. The van der Waals surface area contributed by atoms with Crippen LogP contribution in [0.4, 0.5) is 0 Å². The average molecular weight is 337 g/mol. The van der Waals surface area contributed by atoms with Crippen molar-refractivity contribution in [3.05, 3.63) is 55.9 Å². The van der Waals surface area contributed by atoms with Gasteiger partial charge in [-0.2, -0.15) is 5.10 Å². The highest BCUT2D eigenvalue weighted by Crippen LogP contribution is 2.09. The van der Waals surface area contributed by atoms with Gasteiger partial charge in [0.15, 0.2) is 0 Å². The summed E-state index contributed by atoms with van der Waals surface area (Å²) in [6, 6.07) is 7.50. The average Bonchev–Trinajstić information content (AvgIpc) is 2.71. The molecule has 0 fully saturated rings. The molecule has 0 aliphatic carbocycles. The van der Waals surface area contributed by atoms with Gasteiger partial charge in [-0.05, 0) is 24.6 Å². The number of H-pyrrole nitrogens is 2. The van der Waals surface area contributed by atoms with E-state index in [1.54, 1.807) is 6.92 Å². The molecule has 0 unspecified atom stereocenters. The molecule has 0 atom stereocenters. The normalized spacial score (nSPS) is 10.9. The third-order valence-corrected chi connectivity index (χ3v) is 3.17. The Bertz CT molecular complexity index is 702. The lowest BCUT2D eigenvalue weighted by atomic mass is 10.2. The first-order valence-electron chi connectivity index (χ1n) is 5.90. The van der Waals surface area contributed by atoms with E-state index in [1.165, 1.54) is 6.21 Å². The topological polar surface area (TPSA) is 90.1 Å². The first-order valence-corrected chi connectivity index (χ1v) is 6.69. The number of hydrazone groups is 1. The van der Waals surface area contributed by atoms with Crippen LogP contribution < -0.4 is 11.0 Å². The smallest absolute Gasteiger partial charge is 0.267 e. The third-order valence-electron chi connectivity index (χ3n) is 2.68. The van der Waals surface area contributed by atoms with Gasteiger partial charge in [0.1, 0.15) is 0 Å². The van der Waals surface area contributed by atoms with Gasteiger partial charge in [0.2, 0.25) is 5.91 Å². The molecule has 1 aromatic carbocycles. The lowest BCUT2D eigenvalue weighted by Crippen LogP contribution is -2.23. The second-order valence-electron chi connectivity index (χ2n) is 4.21. The number of rotatable bonds is 4. The van der Waals surface area contributed by atoms with E-state index in [0.717, 1.165) is 10.0 Å². The van der Waals surface area contributed by atoms with E-state index in [2.05, 4.69) is 36.7 Å². The highest BCUT2D eigenvalue weighted by molar-refractivity contribution is 9.10. The number of hydrogen-bond donors (Lipinski definition) is 3. The maximum atomic E-state index is 11.7. The number of nitrogens with zero attached hydrogens (tertiary/aromatic N) is 1. The lowest BCUT2D eigenvalue weighted by Gasteiger charge is -1.98. The molecule has 7 heteroatoms. The second kappa shape index (κ2) is 6.33. The van der Waals surface area contributed by atoms with Crippen molar-refractivity contribution in [1.29, 1.82) is 0 Å². The SMILES string of the molecule is Cc1[nH][nH]c(=O)c1CC(=O)N/N=C\c1cccc(Br)c1. The summed E-state index contributed by atoms with van der Waals surface area (Å²) < 4.78 is 0.933. The van der Waals surface area contributed by atoms with Gasteiger partial charge in [-0.25, -0.2) is 5.43 Å². The Labute approximate surface area is 123 Å². The molecular weight excluding hydrogens is 324 g/mol. The molecule has 1 aromatic heterocycles. The monoisotopic (exact) mass is 336 g/mol. The summed E-state index contributed by atoms with van der Waals surface area (Å²) in [7, 11) is 0. The van der Waals surface area contributed by atoms with Gasteiger partial charge in [-0.3, -0.25) is 14.7 Å². The van der Waals surface area contributed by atoms with E-state index in [0.29, 0.717) is 11.3 Å². The molecule has 2 rings (SSSR count). The lowest BCUT2D eigenvalue weighted by molar-refractivity contribution is -0.120. The zero-order valence-electron chi connectivity index (χ0n) is 10.7. The minimum atomic E-state index is -0.343. The highest BCUT2D eigenvalue weighted by atomic mass is 79.9. The Morgan fingerprint density at radius 3 is 2.90 bits per heavy atom. The molecule has 0 aliphatic heterocycles. The fourth-order valence-corrected chi connectivity index (χ4v) is 2.07. The van der Waals surface area contributed by atoms with Crippen LogP contribution in [0.25, 0.3) is 0 Å². The zero-order chi connectivity index (χ0) is 14.5. The van der Waals surface area contributed by atoms with Crippen molar-refractivity contribution in [1.82, 2.24) is 15.6 Å². The Balaban J connectivity index is 1.94. The van der Waals surface area contributed by atoms with Crippen molar-refractivity contribution in [2.24, 2.45) is 5.10 Å². The van der Waals surface area contributed by atoms with E-state index < -0.39 is 0 Å². The number of aromatic amines is 2. The number of benzene rings is 1. The van der Waals surface area contributed by atoms with Crippen molar-refractivity contribution >= 4 is 28.1 Å². The maximum absolute atomic E-state index is 11.7. The molecular formula is C13H13BrN4O2.